The number of carbonyl (C=O) groups is 1. The first-order valence-electron chi connectivity index (χ1n) is 13.2. The minimum Gasteiger partial charge on any atom is -0.378 e. The van der Waals surface area contributed by atoms with Crippen molar-refractivity contribution in [1.82, 2.24) is 29.3 Å². The fourth-order valence-electron chi connectivity index (χ4n) is 5.44. The average Bonchev–Trinajstić information content (AvgIpc) is 3.53. The lowest BCUT2D eigenvalue weighted by Gasteiger charge is -2.34. The molecule has 1 aromatic carbocycles. The van der Waals surface area contributed by atoms with Gasteiger partial charge in [0, 0.05) is 44.1 Å². The molecular formula is C27H31N7O2S. The summed E-state index contributed by atoms with van der Waals surface area (Å²) in [7, 11) is 0. The van der Waals surface area contributed by atoms with Crippen LogP contribution >= 0.6 is 11.3 Å². The molecule has 5 heterocycles. The van der Waals surface area contributed by atoms with Crippen LogP contribution in [0.1, 0.15) is 23.5 Å². The van der Waals surface area contributed by atoms with Crippen LogP contribution in [0.15, 0.2) is 30.3 Å². The average molecular weight is 518 g/mol. The Labute approximate surface area is 219 Å². The van der Waals surface area contributed by atoms with E-state index < -0.39 is 0 Å². The van der Waals surface area contributed by atoms with E-state index in [-0.39, 0.29) is 5.91 Å². The number of nitrogens with zero attached hydrogens (tertiary/aromatic N) is 7. The zero-order chi connectivity index (χ0) is 24.9. The number of imidazole rings is 1. The highest BCUT2D eigenvalue weighted by Crippen LogP contribution is 2.35. The van der Waals surface area contributed by atoms with Crippen molar-refractivity contribution in [3.8, 4) is 5.95 Å². The lowest BCUT2D eigenvalue weighted by molar-refractivity contribution is -0.136. The second-order valence-corrected chi connectivity index (χ2v) is 11.5. The molecular weight excluding hydrogens is 486 g/mol. The molecule has 3 fully saturated rings. The molecule has 0 atom stereocenters. The molecule has 2 aliphatic heterocycles. The number of anilines is 1. The molecule has 9 nitrogen and oxygen atoms in total. The quantitative estimate of drug-likeness (QED) is 0.389. The Morgan fingerprint density at radius 1 is 1.03 bits per heavy atom. The van der Waals surface area contributed by atoms with Crippen molar-refractivity contribution in [2.75, 3.05) is 57.4 Å². The Morgan fingerprint density at radius 2 is 1.86 bits per heavy atom. The summed E-state index contributed by atoms with van der Waals surface area (Å²) < 4.78 is 8.77. The second-order valence-electron chi connectivity index (χ2n) is 10.4. The zero-order valence-electron chi connectivity index (χ0n) is 21.1. The summed E-state index contributed by atoms with van der Waals surface area (Å²) in [5, 5.41) is 0. The highest BCUT2D eigenvalue weighted by Gasteiger charge is 2.30. The van der Waals surface area contributed by atoms with Crippen LogP contribution in [-0.4, -0.2) is 87.7 Å². The molecule has 192 valence electrons. The highest BCUT2D eigenvalue weighted by molar-refractivity contribution is 7.19. The maximum atomic E-state index is 12.7. The maximum Gasteiger partial charge on any atom is 0.238 e. The summed E-state index contributed by atoms with van der Waals surface area (Å²) in [6.07, 6.45) is 2.55. The predicted molar refractivity (Wildman–Crippen MR) is 144 cm³/mol. The number of benzene rings is 1. The molecule has 1 aliphatic carbocycles. The van der Waals surface area contributed by atoms with Crippen molar-refractivity contribution in [2.45, 2.75) is 26.3 Å². The van der Waals surface area contributed by atoms with Gasteiger partial charge in [-0.05, 0) is 43.9 Å². The van der Waals surface area contributed by atoms with Gasteiger partial charge in [-0.25, -0.2) is 9.97 Å². The number of ether oxygens (including phenoxy) is 1. The summed E-state index contributed by atoms with van der Waals surface area (Å²) >= 11 is 1.75. The SMILES string of the molecule is Cc1nc2ccccc2n1-c1nc(N2CCOCC2)c2sc(CN3CCN(CC4CC4)C(=O)C3)cc2n1. The molecule has 3 aromatic heterocycles. The molecule has 0 spiro atoms. The molecule has 0 unspecified atom stereocenters. The number of aryl methyl sites for hydroxylation is 1. The number of rotatable bonds is 6. The molecule has 37 heavy (non-hydrogen) atoms. The van der Waals surface area contributed by atoms with Crippen LogP contribution in [0.3, 0.4) is 0 Å². The first-order valence-corrected chi connectivity index (χ1v) is 14.0. The van der Waals surface area contributed by atoms with Gasteiger partial charge in [0.05, 0.1) is 41.0 Å². The molecule has 1 saturated carbocycles. The summed E-state index contributed by atoms with van der Waals surface area (Å²) in [6.45, 7) is 8.94. The molecule has 0 radical (unpaired) electrons. The Balaban J connectivity index is 1.23. The number of carbonyl (C=O) groups excluding carboxylic acids is 1. The molecule has 4 aromatic rings. The Hall–Kier alpha value is -3.08. The molecule has 0 N–H and O–H groups in total. The molecule has 3 aliphatic rings. The third-order valence-electron chi connectivity index (χ3n) is 7.58. The van der Waals surface area contributed by atoms with Crippen LogP contribution in [0, 0.1) is 12.8 Å². The van der Waals surface area contributed by atoms with Gasteiger partial charge in [0.2, 0.25) is 11.9 Å². The van der Waals surface area contributed by atoms with E-state index in [4.69, 9.17) is 19.7 Å². The summed E-state index contributed by atoms with van der Waals surface area (Å²) in [6, 6.07) is 10.3. The van der Waals surface area contributed by atoms with Crippen molar-refractivity contribution >= 4 is 44.3 Å². The number of hydrogen-bond donors (Lipinski definition) is 0. The van der Waals surface area contributed by atoms with E-state index >= 15 is 0 Å². The van der Waals surface area contributed by atoms with E-state index in [9.17, 15) is 4.79 Å². The van der Waals surface area contributed by atoms with Gasteiger partial charge in [-0.3, -0.25) is 14.3 Å². The van der Waals surface area contributed by atoms with Crippen molar-refractivity contribution in [3.05, 3.63) is 41.0 Å². The van der Waals surface area contributed by atoms with Crippen LogP contribution < -0.4 is 4.90 Å². The van der Waals surface area contributed by atoms with Crippen LogP contribution in [0.25, 0.3) is 27.2 Å². The van der Waals surface area contributed by atoms with E-state index in [1.54, 1.807) is 11.3 Å². The monoisotopic (exact) mass is 517 g/mol. The fraction of sp³-hybridized carbons (Fsp3) is 0.481. The standard InChI is InChI=1S/C27H31N7O2S/c1-18-28-21-4-2-3-5-23(21)34(18)27-29-22-14-20(37-25(22)26(30-27)32-10-12-36-13-11-32)16-31-8-9-33(24(35)17-31)15-19-6-7-19/h2-5,14,19H,6-13,15-17H2,1H3. The van der Waals surface area contributed by atoms with Gasteiger partial charge in [-0.15, -0.1) is 11.3 Å². The van der Waals surface area contributed by atoms with E-state index in [0.29, 0.717) is 25.7 Å². The van der Waals surface area contributed by atoms with Gasteiger partial charge in [0.25, 0.3) is 0 Å². The molecule has 2 saturated heterocycles. The first kappa shape index (κ1) is 23.1. The number of piperazine rings is 1. The Kier molecular flexibility index (Phi) is 5.82. The zero-order valence-corrected chi connectivity index (χ0v) is 21.9. The smallest absolute Gasteiger partial charge is 0.238 e. The minimum atomic E-state index is 0.262. The Morgan fingerprint density at radius 3 is 2.68 bits per heavy atom. The van der Waals surface area contributed by atoms with Gasteiger partial charge >= 0.3 is 0 Å². The minimum absolute atomic E-state index is 0.262. The normalized spacial score (nSPS) is 19.4. The topological polar surface area (TPSA) is 79.6 Å². The summed E-state index contributed by atoms with van der Waals surface area (Å²) in [5.74, 6) is 3.47. The molecule has 10 heteroatoms. The van der Waals surface area contributed by atoms with Gasteiger partial charge < -0.3 is 14.5 Å². The molecule has 0 bridgehead atoms. The van der Waals surface area contributed by atoms with Crippen molar-refractivity contribution < 1.29 is 9.53 Å². The number of hydrogen-bond acceptors (Lipinski definition) is 8. The third-order valence-corrected chi connectivity index (χ3v) is 8.69. The first-order chi connectivity index (χ1) is 18.1. The van der Waals surface area contributed by atoms with Crippen molar-refractivity contribution in [1.29, 1.82) is 0 Å². The van der Waals surface area contributed by atoms with E-state index in [0.717, 1.165) is 78.1 Å². The number of morpholine rings is 1. The lowest BCUT2D eigenvalue weighted by Crippen LogP contribution is -2.50. The van der Waals surface area contributed by atoms with Crippen LogP contribution in [0.5, 0.6) is 0 Å². The number of amides is 1. The summed E-state index contributed by atoms with van der Waals surface area (Å²) in [4.78, 5) is 35.5. The summed E-state index contributed by atoms with van der Waals surface area (Å²) in [5.41, 5.74) is 2.89. The van der Waals surface area contributed by atoms with Gasteiger partial charge in [0.15, 0.2) is 5.82 Å². The van der Waals surface area contributed by atoms with E-state index in [1.165, 1.54) is 17.7 Å². The van der Waals surface area contributed by atoms with Crippen molar-refractivity contribution in [2.24, 2.45) is 5.92 Å². The van der Waals surface area contributed by atoms with E-state index in [2.05, 4.69) is 26.8 Å². The van der Waals surface area contributed by atoms with Gasteiger partial charge in [0.1, 0.15) is 5.82 Å². The van der Waals surface area contributed by atoms with Gasteiger partial charge in [-0.2, -0.15) is 4.98 Å². The van der Waals surface area contributed by atoms with Crippen LogP contribution in [-0.2, 0) is 16.1 Å². The molecule has 7 rings (SSSR count). The molecule has 1 amide bonds. The second kappa shape index (κ2) is 9.34. The largest absolute Gasteiger partial charge is 0.378 e. The number of para-hydroxylation sites is 2. The fourth-order valence-corrected chi connectivity index (χ4v) is 6.59. The number of aromatic nitrogens is 4. The predicted octanol–water partition coefficient (Wildman–Crippen LogP) is 3.23. The van der Waals surface area contributed by atoms with Crippen LogP contribution in [0.4, 0.5) is 5.82 Å². The number of thiophene rings is 1. The van der Waals surface area contributed by atoms with Crippen LogP contribution in [0.2, 0.25) is 0 Å². The Bertz CT molecular complexity index is 1470. The third kappa shape index (κ3) is 4.47. The maximum absolute atomic E-state index is 12.7. The lowest BCUT2D eigenvalue weighted by atomic mass is 10.2. The van der Waals surface area contributed by atoms with Gasteiger partial charge in [-0.1, -0.05) is 12.1 Å². The highest BCUT2D eigenvalue weighted by atomic mass is 32.1. The van der Waals surface area contributed by atoms with Crippen molar-refractivity contribution in [3.63, 3.8) is 0 Å². The van der Waals surface area contributed by atoms with E-state index in [1.807, 2.05) is 29.7 Å². The number of fused-ring (bicyclic) bond motifs is 2.